The summed E-state index contributed by atoms with van der Waals surface area (Å²) in [7, 11) is 2.05. The maximum Gasteiger partial charge on any atom is 0.0684 e. The summed E-state index contributed by atoms with van der Waals surface area (Å²) in [6.07, 6.45) is 2.50. The lowest BCUT2D eigenvalue weighted by molar-refractivity contribution is 0.451. The van der Waals surface area contributed by atoms with Gasteiger partial charge in [-0.05, 0) is 50.9 Å². The molecule has 0 radical (unpaired) electrons. The van der Waals surface area contributed by atoms with Gasteiger partial charge in [-0.2, -0.15) is 5.10 Å². The van der Waals surface area contributed by atoms with Crippen molar-refractivity contribution in [1.82, 2.24) is 15.1 Å². The maximum atomic E-state index is 4.76. The zero-order valence-corrected chi connectivity index (χ0v) is 12.6. The van der Waals surface area contributed by atoms with Crippen LogP contribution in [0.15, 0.2) is 24.3 Å². The Morgan fingerprint density at radius 3 is 2.85 bits per heavy atom. The molecule has 0 amide bonds. The van der Waals surface area contributed by atoms with Gasteiger partial charge in [0.25, 0.3) is 0 Å². The van der Waals surface area contributed by atoms with E-state index in [0.29, 0.717) is 5.92 Å². The summed E-state index contributed by atoms with van der Waals surface area (Å²) >= 11 is 0. The molecular weight excluding hydrogens is 246 g/mol. The maximum absolute atomic E-state index is 4.76. The summed E-state index contributed by atoms with van der Waals surface area (Å²) < 4.78 is 2.03. The lowest BCUT2D eigenvalue weighted by atomic mass is 9.95. The fourth-order valence-electron chi connectivity index (χ4n) is 3.06. The van der Waals surface area contributed by atoms with Gasteiger partial charge < -0.3 is 5.32 Å². The smallest absolute Gasteiger partial charge is 0.0684 e. The highest BCUT2D eigenvalue weighted by molar-refractivity contribution is 5.65. The SMILES string of the molecule is Cc1ccc(C)c(-c2cc(C3CCCNC3)nn2C)c1. The second-order valence-electron chi connectivity index (χ2n) is 5.94. The highest BCUT2D eigenvalue weighted by atomic mass is 15.3. The van der Waals surface area contributed by atoms with E-state index in [1.807, 2.05) is 4.68 Å². The first kappa shape index (κ1) is 13.4. The van der Waals surface area contributed by atoms with Crippen molar-refractivity contribution < 1.29 is 0 Å². The molecule has 3 nitrogen and oxygen atoms in total. The Balaban J connectivity index is 1.98. The van der Waals surface area contributed by atoms with Crippen molar-refractivity contribution in [3.8, 4) is 11.3 Å². The van der Waals surface area contributed by atoms with Crippen molar-refractivity contribution in [2.45, 2.75) is 32.6 Å². The molecule has 0 aliphatic carbocycles. The first-order chi connectivity index (χ1) is 9.65. The van der Waals surface area contributed by atoms with Gasteiger partial charge in [0.2, 0.25) is 0 Å². The van der Waals surface area contributed by atoms with E-state index in [4.69, 9.17) is 5.10 Å². The second kappa shape index (κ2) is 5.41. The molecular formula is C17H23N3. The summed E-state index contributed by atoms with van der Waals surface area (Å²) in [6, 6.07) is 8.90. The van der Waals surface area contributed by atoms with Crippen LogP contribution >= 0.6 is 0 Å². The molecule has 1 aromatic carbocycles. The molecule has 0 saturated carbocycles. The highest BCUT2D eigenvalue weighted by Gasteiger charge is 2.20. The van der Waals surface area contributed by atoms with Gasteiger partial charge in [-0.15, -0.1) is 0 Å². The van der Waals surface area contributed by atoms with Gasteiger partial charge in [-0.1, -0.05) is 17.7 Å². The first-order valence-corrected chi connectivity index (χ1v) is 7.47. The van der Waals surface area contributed by atoms with Gasteiger partial charge in [0.05, 0.1) is 11.4 Å². The fourth-order valence-corrected chi connectivity index (χ4v) is 3.06. The van der Waals surface area contributed by atoms with Crippen LogP contribution in [0, 0.1) is 13.8 Å². The van der Waals surface area contributed by atoms with E-state index in [9.17, 15) is 0 Å². The average molecular weight is 269 g/mol. The Morgan fingerprint density at radius 2 is 2.10 bits per heavy atom. The third-order valence-corrected chi connectivity index (χ3v) is 4.28. The molecule has 3 rings (SSSR count). The number of aryl methyl sites for hydroxylation is 3. The van der Waals surface area contributed by atoms with E-state index in [0.717, 1.165) is 13.1 Å². The predicted molar refractivity (Wildman–Crippen MR) is 83.0 cm³/mol. The van der Waals surface area contributed by atoms with Crippen LogP contribution in [0.25, 0.3) is 11.3 Å². The molecule has 106 valence electrons. The molecule has 20 heavy (non-hydrogen) atoms. The van der Waals surface area contributed by atoms with E-state index in [1.165, 1.54) is 40.9 Å². The second-order valence-corrected chi connectivity index (χ2v) is 5.94. The number of benzene rings is 1. The number of hydrogen-bond acceptors (Lipinski definition) is 2. The zero-order chi connectivity index (χ0) is 14.1. The largest absolute Gasteiger partial charge is 0.316 e. The molecule has 1 aliphatic heterocycles. The Labute approximate surface area is 121 Å². The van der Waals surface area contributed by atoms with E-state index in [2.05, 4.69) is 50.5 Å². The summed E-state index contributed by atoms with van der Waals surface area (Å²) in [4.78, 5) is 0. The Kier molecular flexibility index (Phi) is 3.62. The van der Waals surface area contributed by atoms with Crippen LogP contribution in [-0.2, 0) is 7.05 Å². The van der Waals surface area contributed by atoms with Crippen LogP contribution in [0.2, 0.25) is 0 Å². The predicted octanol–water partition coefficient (Wildman–Crippen LogP) is 3.17. The third-order valence-electron chi connectivity index (χ3n) is 4.28. The van der Waals surface area contributed by atoms with Crippen molar-refractivity contribution in [3.63, 3.8) is 0 Å². The monoisotopic (exact) mass is 269 g/mol. The van der Waals surface area contributed by atoms with E-state index in [-0.39, 0.29) is 0 Å². The van der Waals surface area contributed by atoms with Crippen LogP contribution in [0.4, 0.5) is 0 Å². The van der Waals surface area contributed by atoms with Crippen molar-refractivity contribution in [1.29, 1.82) is 0 Å². The van der Waals surface area contributed by atoms with Gasteiger partial charge >= 0.3 is 0 Å². The van der Waals surface area contributed by atoms with Crippen LogP contribution in [0.3, 0.4) is 0 Å². The summed E-state index contributed by atoms with van der Waals surface area (Å²) in [5.41, 5.74) is 6.37. The minimum Gasteiger partial charge on any atom is -0.316 e. The molecule has 0 spiro atoms. The minimum absolute atomic E-state index is 0.564. The van der Waals surface area contributed by atoms with Gasteiger partial charge in [0.15, 0.2) is 0 Å². The molecule has 1 aliphatic rings. The molecule has 1 N–H and O–H groups in total. The lowest BCUT2D eigenvalue weighted by Gasteiger charge is -2.20. The fraction of sp³-hybridized carbons (Fsp3) is 0.471. The van der Waals surface area contributed by atoms with Gasteiger partial charge in [0, 0.05) is 25.1 Å². The summed E-state index contributed by atoms with van der Waals surface area (Å²) in [6.45, 7) is 6.52. The van der Waals surface area contributed by atoms with Gasteiger partial charge in [0.1, 0.15) is 0 Å². The quantitative estimate of drug-likeness (QED) is 0.907. The molecule has 2 heterocycles. The number of nitrogens with one attached hydrogen (secondary N) is 1. The molecule has 1 unspecified atom stereocenters. The third kappa shape index (κ3) is 2.50. The van der Waals surface area contributed by atoms with Crippen molar-refractivity contribution in [2.75, 3.05) is 13.1 Å². The Hall–Kier alpha value is -1.61. The number of aromatic nitrogens is 2. The van der Waals surface area contributed by atoms with Crippen LogP contribution < -0.4 is 5.32 Å². The van der Waals surface area contributed by atoms with Gasteiger partial charge in [-0.25, -0.2) is 0 Å². The number of nitrogens with zero attached hydrogens (tertiary/aromatic N) is 2. The minimum atomic E-state index is 0.564. The topological polar surface area (TPSA) is 29.9 Å². The van der Waals surface area contributed by atoms with Crippen molar-refractivity contribution in [2.24, 2.45) is 7.05 Å². The molecule has 1 fully saturated rings. The standard InChI is InChI=1S/C17H23N3/c1-12-6-7-13(2)15(9-12)17-10-16(19-20(17)3)14-5-4-8-18-11-14/h6-7,9-10,14,18H,4-5,8,11H2,1-3H3. The first-order valence-electron chi connectivity index (χ1n) is 7.47. The number of piperidine rings is 1. The van der Waals surface area contributed by atoms with E-state index in [1.54, 1.807) is 0 Å². The van der Waals surface area contributed by atoms with Crippen LogP contribution in [0.5, 0.6) is 0 Å². The number of hydrogen-bond donors (Lipinski definition) is 1. The van der Waals surface area contributed by atoms with E-state index < -0.39 is 0 Å². The lowest BCUT2D eigenvalue weighted by Crippen LogP contribution is -2.28. The zero-order valence-electron chi connectivity index (χ0n) is 12.6. The Morgan fingerprint density at radius 1 is 1.25 bits per heavy atom. The van der Waals surface area contributed by atoms with Gasteiger partial charge in [-0.3, -0.25) is 4.68 Å². The molecule has 2 aromatic rings. The molecule has 1 aromatic heterocycles. The van der Waals surface area contributed by atoms with Crippen molar-refractivity contribution >= 4 is 0 Å². The number of rotatable bonds is 2. The molecule has 0 bridgehead atoms. The summed E-state index contributed by atoms with van der Waals surface area (Å²) in [5, 5.41) is 8.23. The normalized spacial score (nSPS) is 19.2. The average Bonchev–Trinajstić information content (AvgIpc) is 2.84. The van der Waals surface area contributed by atoms with Crippen molar-refractivity contribution in [3.05, 3.63) is 41.1 Å². The van der Waals surface area contributed by atoms with E-state index >= 15 is 0 Å². The van der Waals surface area contributed by atoms with Crippen LogP contribution in [0.1, 0.15) is 35.6 Å². The molecule has 1 atom stereocenters. The molecule has 1 saturated heterocycles. The Bertz CT molecular complexity index is 607. The van der Waals surface area contributed by atoms with Crippen LogP contribution in [-0.4, -0.2) is 22.9 Å². The molecule has 3 heteroatoms. The highest BCUT2D eigenvalue weighted by Crippen LogP contribution is 2.29. The summed E-state index contributed by atoms with van der Waals surface area (Å²) in [5.74, 6) is 0.564.